The normalized spacial score (nSPS) is 20.1. The molecule has 10 nitrogen and oxygen atoms in total. The molecule has 2 saturated heterocycles. The van der Waals surface area contributed by atoms with Crippen molar-refractivity contribution in [3.8, 4) is 6.19 Å². The highest BCUT2D eigenvalue weighted by Gasteiger charge is 2.31. The second-order valence-electron chi connectivity index (χ2n) is 8.54. The lowest BCUT2D eigenvalue weighted by atomic mass is 9.96. The van der Waals surface area contributed by atoms with Crippen LogP contribution in [0.3, 0.4) is 0 Å². The van der Waals surface area contributed by atoms with Crippen molar-refractivity contribution in [3.63, 3.8) is 0 Å². The fraction of sp³-hybridized carbons (Fsp3) is 0.522. The molecule has 3 amide bonds. The molecule has 0 saturated carbocycles. The topological polar surface area (TPSA) is 144 Å². The Morgan fingerprint density at radius 3 is 2.64 bits per heavy atom. The molecule has 3 rings (SSSR count). The fourth-order valence-electron chi connectivity index (χ4n) is 4.20. The molecule has 10 heteroatoms. The van der Waals surface area contributed by atoms with E-state index in [-0.39, 0.29) is 36.1 Å². The lowest BCUT2D eigenvalue weighted by Gasteiger charge is -2.32. The number of nitrogens with one attached hydrogen (secondary N) is 2. The fourth-order valence-corrected chi connectivity index (χ4v) is 4.20. The summed E-state index contributed by atoms with van der Waals surface area (Å²) in [6.07, 6.45) is 5.07. The van der Waals surface area contributed by atoms with E-state index in [1.165, 1.54) is 0 Å². The number of guanidine groups is 1. The van der Waals surface area contributed by atoms with E-state index in [4.69, 9.17) is 11.0 Å². The van der Waals surface area contributed by atoms with Crippen LogP contribution in [0.5, 0.6) is 0 Å². The number of aliphatic imine (C=N–C) groups is 1. The van der Waals surface area contributed by atoms with Gasteiger partial charge in [0.1, 0.15) is 6.04 Å². The molecule has 0 bridgehead atoms. The number of carbonyl (C=O) groups excluding carboxylic acids is 3. The minimum atomic E-state index is -0.686. The summed E-state index contributed by atoms with van der Waals surface area (Å²) in [5.41, 5.74) is 7.17. The van der Waals surface area contributed by atoms with Crippen LogP contribution in [0, 0.1) is 24.3 Å². The van der Waals surface area contributed by atoms with E-state index in [1.807, 2.05) is 37.4 Å². The maximum Gasteiger partial charge on any atom is 0.247 e. The summed E-state index contributed by atoms with van der Waals surface area (Å²) in [7, 11) is 0. The Hall–Kier alpha value is -3.61. The third-order valence-corrected chi connectivity index (χ3v) is 6.07. The number of primary amides is 1. The van der Waals surface area contributed by atoms with E-state index in [1.54, 1.807) is 9.80 Å². The molecule has 0 radical (unpaired) electrons. The number of hydrogen-bond donors (Lipinski definition) is 3. The Morgan fingerprint density at radius 2 is 1.97 bits per heavy atom. The van der Waals surface area contributed by atoms with Crippen molar-refractivity contribution < 1.29 is 14.4 Å². The van der Waals surface area contributed by atoms with Gasteiger partial charge in [0.15, 0.2) is 6.19 Å². The molecule has 0 aromatic heterocycles. The third kappa shape index (κ3) is 6.68. The van der Waals surface area contributed by atoms with Crippen molar-refractivity contribution in [2.45, 2.75) is 45.1 Å². The zero-order chi connectivity index (χ0) is 23.8. The van der Waals surface area contributed by atoms with Gasteiger partial charge in [-0.3, -0.25) is 19.7 Å². The Bertz CT molecular complexity index is 948. The van der Waals surface area contributed by atoms with Crippen molar-refractivity contribution in [1.82, 2.24) is 15.1 Å². The predicted molar refractivity (Wildman–Crippen MR) is 124 cm³/mol. The standard InChI is InChI=1S/C23H31N7O3/c1-16-5-4-6-18(13-16)27-23(26-15-24)28-19-7-2-3-10-30(22(19)33)14-20(31)29-11-8-17(9-12-29)21(25)32/h4-6,13,17,19H,2-3,7-12,14H2,1H3,(H2,25,32)(H2,26,27,28). The number of nitrogens with zero attached hydrogens (tertiary/aromatic N) is 4. The number of piperidine rings is 1. The first-order valence-electron chi connectivity index (χ1n) is 11.3. The Balaban J connectivity index is 1.66. The van der Waals surface area contributed by atoms with E-state index in [0.717, 1.165) is 24.1 Å². The lowest BCUT2D eigenvalue weighted by molar-refractivity contribution is -0.142. The molecular formula is C23H31N7O3. The smallest absolute Gasteiger partial charge is 0.247 e. The second kappa shape index (κ2) is 11.3. The molecule has 2 aliphatic heterocycles. The number of benzene rings is 1. The minimum absolute atomic E-state index is 0.0155. The highest BCUT2D eigenvalue weighted by Crippen LogP contribution is 2.19. The van der Waals surface area contributed by atoms with Gasteiger partial charge in [-0.1, -0.05) is 12.1 Å². The molecule has 1 aromatic rings. The summed E-state index contributed by atoms with van der Waals surface area (Å²) in [4.78, 5) is 45.1. The van der Waals surface area contributed by atoms with Crippen molar-refractivity contribution in [2.75, 3.05) is 31.5 Å². The van der Waals surface area contributed by atoms with E-state index in [2.05, 4.69) is 15.6 Å². The SMILES string of the molecule is Cc1cccc(NC(=NC2CCCCN(CC(=O)N3CCC(C(N)=O)CC3)C2=O)NC#N)c1. The van der Waals surface area contributed by atoms with E-state index in [0.29, 0.717) is 38.9 Å². The molecule has 1 aromatic carbocycles. The highest BCUT2D eigenvalue weighted by atomic mass is 16.2. The number of anilines is 1. The van der Waals surface area contributed by atoms with Gasteiger partial charge >= 0.3 is 0 Å². The van der Waals surface area contributed by atoms with Crippen LogP contribution in [0.15, 0.2) is 29.3 Å². The van der Waals surface area contributed by atoms with Gasteiger partial charge in [-0.25, -0.2) is 4.99 Å². The number of amides is 3. The van der Waals surface area contributed by atoms with Crippen molar-refractivity contribution in [1.29, 1.82) is 5.26 Å². The number of hydrogen-bond acceptors (Lipinski definition) is 5. The average molecular weight is 454 g/mol. The van der Waals surface area contributed by atoms with Gasteiger partial charge in [0.25, 0.3) is 0 Å². The summed E-state index contributed by atoms with van der Waals surface area (Å²) in [5.74, 6) is -0.686. The summed E-state index contributed by atoms with van der Waals surface area (Å²) in [6.45, 7) is 3.36. The summed E-state index contributed by atoms with van der Waals surface area (Å²) >= 11 is 0. The van der Waals surface area contributed by atoms with Crippen LogP contribution in [-0.2, 0) is 14.4 Å². The molecular weight excluding hydrogens is 422 g/mol. The summed E-state index contributed by atoms with van der Waals surface area (Å²) in [6, 6.07) is 6.92. The van der Waals surface area contributed by atoms with Crippen LogP contribution in [0.25, 0.3) is 0 Å². The van der Waals surface area contributed by atoms with Crippen LogP contribution < -0.4 is 16.4 Å². The van der Waals surface area contributed by atoms with Crippen LogP contribution in [-0.4, -0.2) is 65.7 Å². The van der Waals surface area contributed by atoms with Crippen molar-refractivity contribution >= 4 is 29.4 Å². The number of rotatable bonds is 5. The number of aryl methyl sites for hydroxylation is 1. The Morgan fingerprint density at radius 1 is 1.21 bits per heavy atom. The van der Waals surface area contributed by atoms with E-state index in [9.17, 15) is 14.4 Å². The van der Waals surface area contributed by atoms with Gasteiger partial charge in [0, 0.05) is 31.2 Å². The number of nitriles is 1. The Kier molecular flexibility index (Phi) is 8.24. The van der Waals surface area contributed by atoms with Crippen molar-refractivity contribution in [3.05, 3.63) is 29.8 Å². The molecule has 33 heavy (non-hydrogen) atoms. The van der Waals surface area contributed by atoms with Gasteiger partial charge in [-0.05, 0) is 56.7 Å². The zero-order valence-electron chi connectivity index (χ0n) is 18.9. The molecule has 1 atom stereocenters. The maximum atomic E-state index is 13.2. The molecule has 2 heterocycles. The molecule has 4 N–H and O–H groups in total. The van der Waals surface area contributed by atoms with Gasteiger partial charge in [0.05, 0.1) is 6.54 Å². The van der Waals surface area contributed by atoms with E-state index >= 15 is 0 Å². The molecule has 2 aliphatic rings. The monoisotopic (exact) mass is 453 g/mol. The first kappa shape index (κ1) is 24.0. The quantitative estimate of drug-likeness (QED) is 0.262. The van der Waals surface area contributed by atoms with Crippen LogP contribution in [0.4, 0.5) is 5.69 Å². The first-order valence-corrected chi connectivity index (χ1v) is 11.3. The van der Waals surface area contributed by atoms with E-state index < -0.39 is 6.04 Å². The lowest BCUT2D eigenvalue weighted by Crippen LogP contribution is -2.48. The Labute approximate surface area is 193 Å². The molecule has 0 spiro atoms. The van der Waals surface area contributed by atoms with Crippen LogP contribution in [0.1, 0.15) is 37.7 Å². The third-order valence-electron chi connectivity index (χ3n) is 6.07. The molecule has 2 fully saturated rings. The average Bonchev–Trinajstić information content (AvgIpc) is 2.95. The zero-order valence-corrected chi connectivity index (χ0v) is 18.9. The summed E-state index contributed by atoms with van der Waals surface area (Å²) < 4.78 is 0. The first-order chi connectivity index (χ1) is 15.9. The highest BCUT2D eigenvalue weighted by molar-refractivity contribution is 5.97. The van der Waals surface area contributed by atoms with Crippen molar-refractivity contribution in [2.24, 2.45) is 16.6 Å². The van der Waals surface area contributed by atoms with Gasteiger partial charge < -0.3 is 20.9 Å². The number of nitrogens with two attached hydrogens (primary N) is 1. The van der Waals surface area contributed by atoms with Crippen LogP contribution in [0.2, 0.25) is 0 Å². The molecule has 0 aliphatic carbocycles. The van der Waals surface area contributed by atoms with Gasteiger partial charge in [-0.2, -0.15) is 5.26 Å². The predicted octanol–water partition coefficient (Wildman–Crippen LogP) is 0.939. The van der Waals surface area contributed by atoms with Gasteiger partial charge in [-0.15, -0.1) is 0 Å². The van der Waals surface area contributed by atoms with Crippen LogP contribution >= 0.6 is 0 Å². The second-order valence-corrected chi connectivity index (χ2v) is 8.54. The largest absolute Gasteiger partial charge is 0.369 e. The maximum absolute atomic E-state index is 13.2. The molecule has 1 unspecified atom stereocenters. The molecule has 176 valence electrons. The number of likely N-dealkylation sites (tertiary alicyclic amines) is 2. The number of carbonyl (C=O) groups is 3. The van der Waals surface area contributed by atoms with Gasteiger partial charge in [0.2, 0.25) is 23.7 Å². The minimum Gasteiger partial charge on any atom is -0.369 e. The summed E-state index contributed by atoms with van der Waals surface area (Å²) in [5, 5.41) is 14.7.